The fraction of sp³-hybridized carbons (Fsp3) is 0.900. The van der Waals surface area contributed by atoms with Gasteiger partial charge in [-0.2, -0.15) is 5.26 Å². The van der Waals surface area contributed by atoms with Gasteiger partial charge in [-0.25, -0.2) is 0 Å². The molecule has 70 valence electrons. The highest BCUT2D eigenvalue weighted by Gasteiger charge is 2.04. The van der Waals surface area contributed by atoms with Crippen LogP contribution in [0.3, 0.4) is 0 Å². The molecular weight excluding hydrogens is 148 g/mol. The van der Waals surface area contributed by atoms with Gasteiger partial charge in [0.2, 0.25) is 0 Å². The first kappa shape index (κ1) is 11.4. The van der Waals surface area contributed by atoms with Crippen LogP contribution in [0.4, 0.5) is 0 Å². The van der Waals surface area contributed by atoms with Crippen molar-refractivity contribution in [3.63, 3.8) is 0 Å². The zero-order valence-corrected chi connectivity index (χ0v) is 8.51. The first-order valence-electron chi connectivity index (χ1n) is 4.79. The van der Waals surface area contributed by atoms with Crippen molar-refractivity contribution < 1.29 is 0 Å². The van der Waals surface area contributed by atoms with Gasteiger partial charge in [-0.1, -0.05) is 6.92 Å². The van der Waals surface area contributed by atoms with Crippen LogP contribution in [0.2, 0.25) is 0 Å². The van der Waals surface area contributed by atoms with E-state index in [-0.39, 0.29) is 0 Å². The van der Waals surface area contributed by atoms with Crippen molar-refractivity contribution in [2.75, 3.05) is 13.6 Å². The fourth-order valence-electron chi connectivity index (χ4n) is 1.10. The van der Waals surface area contributed by atoms with Gasteiger partial charge in [0.15, 0.2) is 0 Å². The summed E-state index contributed by atoms with van der Waals surface area (Å²) in [7, 11) is 2.15. The lowest BCUT2D eigenvalue weighted by Crippen LogP contribution is -2.29. The van der Waals surface area contributed by atoms with E-state index in [1.807, 2.05) is 0 Å². The summed E-state index contributed by atoms with van der Waals surface area (Å²) in [5, 5.41) is 8.32. The molecule has 2 heteroatoms. The minimum Gasteiger partial charge on any atom is -0.304 e. The van der Waals surface area contributed by atoms with E-state index < -0.39 is 0 Å². The maximum absolute atomic E-state index is 8.32. The van der Waals surface area contributed by atoms with Crippen LogP contribution in [0.15, 0.2) is 0 Å². The number of rotatable bonds is 6. The van der Waals surface area contributed by atoms with Crippen LogP contribution >= 0.6 is 0 Å². The van der Waals surface area contributed by atoms with Crippen molar-refractivity contribution >= 4 is 0 Å². The Labute approximate surface area is 76.2 Å². The lowest BCUT2D eigenvalue weighted by Gasteiger charge is -2.22. The van der Waals surface area contributed by atoms with Gasteiger partial charge in [0, 0.05) is 12.5 Å². The number of nitriles is 1. The Bertz CT molecular complexity index is 137. The van der Waals surface area contributed by atoms with Crippen molar-refractivity contribution in [2.45, 2.75) is 45.6 Å². The Hall–Kier alpha value is -0.550. The van der Waals surface area contributed by atoms with E-state index in [2.05, 4.69) is 31.9 Å². The van der Waals surface area contributed by atoms with E-state index in [0.717, 1.165) is 19.4 Å². The van der Waals surface area contributed by atoms with Gasteiger partial charge in [0.05, 0.1) is 6.07 Å². The molecule has 0 spiro atoms. The molecule has 0 aliphatic carbocycles. The summed E-state index contributed by atoms with van der Waals surface area (Å²) in [6.07, 6.45) is 4.09. The van der Waals surface area contributed by atoms with Gasteiger partial charge in [-0.15, -0.1) is 0 Å². The molecule has 0 saturated heterocycles. The quantitative estimate of drug-likeness (QED) is 0.569. The predicted molar refractivity (Wildman–Crippen MR) is 51.8 cm³/mol. The molecule has 0 heterocycles. The molecule has 0 N–H and O–H groups in total. The van der Waals surface area contributed by atoms with E-state index in [1.165, 1.54) is 6.42 Å². The molecule has 1 unspecified atom stereocenters. The topological polar surface area (TPSA) is 27.0 Å². The van der Waals surface area contributed by atoms with Crippen molar-refractivity contribution in [1.29, 1.82) is 5.26 Å². The molecule has 0 amide bonds. The highest BCUT2D eigenvalue weighted by atomic mass is 15.1. The van der Waals surface area contributed by atoms with Crippen LogP contribution in [-0.4, -0.2) is 24.5 Å². The fourth-order valence-corrected chi connectivity index (χ4v) is 1.10. The van der Waals surface area contributed by atoms with Crippen molar-refractivity contribution in [2.24, 2.45) is 0 Å². The molecule has 0 saturated carbocycles. The van der Waals surface area contributed by atoms with E-state index >= 15 is 0 Å². The maximum atomic E-state index is 8.32. The first-order valence-corrected chi connectivity index (χ1v) is 4.79. The Morgan fingerprint density at radius 3 is 2.58 bits per heavy atom. The third-order valence-electron chi connectivity index (χ3n) is 2.39. The number of hydrogen-bond acceptors (Lipinski definition) is 2. The van der Waals surface area contributed by atoms with Gasteiger partial charge in [-0.05, 0) is 39.8 Å². The molecule has 0 aromatic rings. The molecule has 0 aliphatic rings. The minimum atomic E-state index is 0.673. The van der Waals surface area contributed by atoms with Crippen LogP contribution in [0.25, 0.3) is 0 Å². The standard InChI is InChI=1S/C10H20N2/c1-4-10(2)12(3)9-7-5-6-8-11/h10H,4-7,9H2,1-3H3. The van der Waals surface area contributed by atoms with E-state index in [1.54, 1.807) is 0 Å². The number of unbranched alkanes of at least 4 members (excludes halogenated alkanes) is 2. The first-order chi connectivity index (χ1) is 5.72. The van der Waals surface area contributed by atoms with E-state index in [0.29, 0.717) is 12.5 Å². The summed E-state index contributed by atoms with van der Waals surface area (Å²) < 4.78 is 0. The van der Waals surface area contributed by atoms with Gasteiger partial charge >= 0.3 is 0 Å². The second-order valence-electron chi connectivity index (χ2n) is 3.35. The number of hydrogen-bond donors (Lipinski definition) is 0. The molecular formula is C10H20N2. The Morgan fingerprint density at radius 1 is 1.42 bits per heavy atom. The van der Waals surface area contributed by atoms with E-state index in [9.17, 15) is 0 Å². The lowest BCUT2D eigenvalue weighted by atomic mass is 10.2. The smallest absolute Gasteiger partial charge is 0.0621 e. The minimum absolute atomic E-state index is 0.673. The predicted octanol–water partition coefficient (Wildman–Crippen LogP) is 2.41. The second kappa shape index (κ2) is 7.12. The Morgan fingerprint density at radius 2 is 2.08 bits per heavy atom. The molecule has 0 aromatic heterocycles. The maximum Gasteiger partial charge on any atom is 0.0621 e. The zero-order valence-electron chi connectivity index (χ0n) is 8.51. The molecule has 0 rings (SSSR count). The van der Waals surface area contributed by atoms with E-state index in [4.69, 9.17) is 5.26 Å². The van der Waals surface area contributed by atoms with Crippen LogP contribution in [0.1, 0.15) is 39.5 Å². The molecule has 0 radical (unpaired) electrons. The Balaban J connectivity index is 3.32. The van der Waals surface area contributed by atoms with Gasteiger partial charge in [-0.3, -0.25) is 0 Å². The average Bonchev–Trinajstić information content (AvgIpc) is 2.10. The monoisotopic (exact) mass is 168 g/mol. The summed E-state index contributed by atoms with van der Waals surface area (Å²) in [5.74, 6) is 0. The highest BCUT2D eigenvalue weighted by Crippen LogP contribution is 2.03. The van der Waals surface area contributed by atoms with Gasteiger partial charge < -0.3 is 4.90 Å². The summed E-state index contributed by atoms with van der Waals surface area (Å²) in [4.78, 5) is 2.36. The van der Waals surface area contributed by atoms with Crippen LogP contribution in [-0.2, 0) is 0 Å². The summed E-state index contributed by atoms with van der Waals surface area (Å²) in [6.45, 7) is 5.57. The normalized spacial score (nSPS) is 12.9. The summed E-state index contributed by atoms with van der Waals surface area (Å²) in [5.41, 5.74) is 0. The highest BCUT2D eigenvalue weighted by molar-refractivity contribution is 4.69. The van der Waals surface area contributed by atoms with Crippen LogP contribution in [0, 0.1) is 11.3 Å². The Kier molecular flexibility index (Phi) is 6.79. The molecule has 1 atom stereocenters. The largest absolute Gasteiger partial charge is 0.304 e. The third kappa shape index (κ3) is 5.15. The van der Waals surface area contributed by atoms with Crippen LogP contribution < -0.4 is 0 Å². The van der Waals surface area contributed by atoms with Gasteiger partial charge in [0.25, 0.3) is 0 Å². The number of nitrogens with zero attached hydrogens (tertiary/aromatic N) is 2. The molecule has 12 heavy (non-hydrogen) atoms. The summed E-state index contributed by atoms with van der Waals surface area (Å²) in [6, 6.07) is 2.84. The lowest BCUT2D eigenvalue weighted by molar-refractivity contribution is 0.247. The van der Waals surface area contributed by atoms with Crippen molar-refractivity contribution in [1.82, 2.24) is 4.90 Å². The molecule has 0 fully saturated rings. The summed E-state index contributed by atoms with van der Waals surface area (Å²) >= 11 is 0. The molecule has 0 bridgehead atoms. The molecule has 0 aromatic carbocycles. The SMILES string of the molecule is CCC(C)N(C)CCCCC#N. The van der Waals surface area contributed by atoms with Crippen molar-refractivity contribution in [3.8, 4) is 6.07 Å². The van der Waals surface area contributed by atoms with Crippen molar-refractivity contribution in [3.05, 3.63) is 0 Å². The molecule has 2 nitrogen and oxygen atoms in total. The zero-order chi connectivity index (χ0) is 9.40. The van der Waals surface area contributed by atoms with Crippen LogP contribution in [0.5, 0.6) is 0 Å². The third-order valence-corrected chi connectivity index (χ3v) is 2.39. The second-order valence-corrected chi connectivity index (χ2v) is 3.35. The van der Waals surface area contributed by atoms with Gasteiger partial charge in [0.1, 0.15) is 0 Å². The molecule has 0 aliphatic heterocycles. The average molecular weight is 168 g/mol.